The number of aromatic carboxylic acids is 1. The van der Waals surface area contributed by atoms with E-state index in [0.717, 1.165) is 18.9 Å². The first-order valence-electron chi connectivity index (χ1n) is 6.93. The van der Waals surface area contributed by atoms with Gasteiger partial charge in [0, 0.05) is 6.04 Å². The van der Waals surface area contributed by atoms with Crippen LogP contribution in [0.1, 0.15) is 44.0 Å². The van der Waals surface area contributed by atoms with E-state index in [-0.39, 0.29) is 17.3 Å². The van der Waals surface area contributed by atoms with Gasteiger partial charge >= 0.3 is 12.0 Å². The number of hydrogen-bond donors (Lipinski definition) is 3. The molecule has 0 saturated heterocycles. The summed E-state index contributed by atoms with van der Waals surface area (Å²) in [6.07, 6.45) is 1.86. The fourth-order valence-electron chi connectivity index (χ4n) is 1.96. The second-order valence-electron chi connectivity index (χ2n) is 5.25. The topological polar surface area (TPSA) is 78.4 Å². The standard InChI is InChI=1S/C15H21FN2O3/c1-4-9(2)7-10(3)17-15(21)18-13-6-5-11(14(19)20)8-12(13)16/h5-6,8-10H,4,7H2,1-3H3,(H,19,20)(H2,17,18,21). The van der Waals surface area contributed by atoms with Crippen LogP contribution in [0.5, 0.6) is 0 Å². The number of nitrogens with one attached hydrogen (secondary N) is 2. The van der Waals surface area contributed by atoms with E-state index in [1.807, 2.05) is 6.92 Å². The van der Waals surface area contributed by atoms with Crippen LogP contribution < -0.4 is 10.6 Å². The number of benzene rings is 1. The van der Waals surface area contributed by atoms with Gasteiger partial charge in [-0.15, -0.1) is 0 Å². The molecule has 0 aliphatic rings. The molecule has 1 rings (SSSR count). The Morgan fingerprint density at radius 1 is 1.33 bits per heavy atom. The highest BCUT2D eigenvalue weighted by Crippen LogP contribution is 2.16. The zero-order valence-electron chi connectivity index (χ0n) is 12.4. The molecule has 0 heterocycles. The molecule has 0 radical (unpaired) electrons. The summed E-state index contributed by atoms with van der Waals surface area (Å²) in [7, 11) is 0. The van der Waals surface area contributed by atoms with Crippen LogP contribution in [0.4, 0.5) is 14.9 Å². The first-order chi connectivity index (χ1) is 9.83. The molecule has 6 heteroatoms. The number of carboxylic acid groups (broad SMARTS) is 1. The molecule has 0 aliphatic heterocycles. The van der Waals surface area contributed by atoms with Crippen molar-refractivity contribution in [3.05, 3.63) is 29.6 Å². The van der Waals surface area contributed by atoms with Gasteiger partial charge in [-0.05, 0) is 37.5 Å². The van der Waals surface area contributed by atoms with Crippen molar-refractivity contribution in [2.24, 2.45) is 5.92 Å². The van der Waals surface area contributed by atoms with Crippen LogP contribution in [0.25, 0.3) is 0 Å². The number of rotatable bonds is 6. The largest absolute Gasteiger partial charge is 0.478 e. The van der Waals surface area contributed by atoms with Crippen LogP contribution >= 0.6 is 0 Å². The third-order valence-corrected chi connectivity index (χ3v) is 3.29. The van der Waals surface area contributed by atoms with E-state index in [9.17, 15) is 14.0 Å². The number of carbonyl (C=O) groups excluding carboxylic acids is 1. The van der Waals surface area contributed by atoms with Crippen molar-refractivity contribution < 1.29 is 19.1 Å². The highest BCUT2D eigenvalue weighted by atomic mass is 19.1. The maximum atomic E-state index is 13.7. The minimum atomic E-state index is -1.22. The molecule has 5 nitrogen and oxygen atoms in total. The van der Waals surface area contributed by atoms with E-state index in [0.29, 0.717) is 5.92 Å². The summed E-state index contributed by atoms with van der Waals surface area (Å²) in [5.41, 5.74) is -0.211. The van der Waals surface area contributed by atoms with Crippen molar-refractivity contribution in [1.29, 1.82) is 0 Å². The Hall–Kier alpha value is -2.11. The molecule has 3 N–H and O–H groups in total. The van der Waals surface area contributed by atoms with Gasteiger partial charge in [-0.3, -0.25) is 0 Å². The summed E-state index contributed by atoms with van der Waals surface area (Å²) in [5, 5.41) is 13.8. The molecule has 0 aromatic heterocycles. The molecule has 1 aromatic rings. The molecular formula is C15H21FN2O3. The van der Waals surface area contributed by atoms with Gasteiger partial charge in [0.05, 0.1) is 11.3 Å². The van der Waals surface area contributed by atoms with Crippen LogP contribution in [-0.4, -0.2) is 23.1 Å². The van der Waals surface area contributed by atoms with Crippen molar-refractivity contribution in [1.82, 2.24) is 5.32 Å². The van der Waals surface area contributed by atoms with Crippen molar-refractivity contribution in [3.8, 4) is 0 Å². The van der Waals surface area contributed by atoms with Crippen LogP contribution in [0.15, 0.2) is 18.2 Å². The lowest BCUT2D eigenvalue weighted by molar-refractivity contribution is 0.0696. The second-order valence-corrected chi connectivity index (χ2v) is 5.25. The molecule has 2 atom stereocenters. The molecule has 2 unspecified atom stereocenters. The third-order valence-electron chi connectivity index (χ3n) is 3.29. The Labute approximate surface area is 123 Å². The van der Waals surface area contributed by atoms with Crippen molar-refractivity contribution >= 4 is 17.7 Å². The SMILES string of the molecule is CCC(C)CC(C)NC(=O)Nc1ccc(C(=O)O)cc1F. The summed E-state index contributed by atoms with van der Waals surface area (Å²) in [4.78, 5) is 22.5. The molecule has 116 valence electrons. The second kappa shape index (κ2) is 7.61. The van der Waals surface area contributed by atoms with Crippen molar-refractivity contribution in [2.45, 2.75) is 39.7 Å². The average molecular weight is 296 g/mol. The molecule has 0 bridgehead atoms. The van der Waals surface area contributed by atoms with Gasteiger partial charge in [0.2, 0.25) is 0 Å². The maximum absolute atomic E-state index is 13.7. The van der Waals surface area contributed by atoms with Gasteiger partial charge in [0.15, 0.2) is 0 Å². The number of amides is 2. The van der Waals surface area contributed by atoms with Gasteiger partial charge in [0.25, 0.3) is 0 Å². The van der Waals surface area contributed by atoms with Gasteiger partial charge in [-0.1, -0.05) is 20.3 Å². The Morgan fingerprint density at radius 2 is 2.00 bits per heavy atom. The number of carbonyl (C=O) groups is 2. The molecule has 2 amide bonds. The van der Waals surface area contributed by atoms with E-state index < -0.39 is 17.8 Å². The fourth-order valence-corrected chi connectivity index (χ4v) is 1.96. The normalized spacial score (nSPS) is 13.3. The van der Waals surface area contributed by atoms with Crippen LogP contribution in [0.3, 0.4) is 0 Å². The molecule has 1 aromatic carbocycles. The van der Waals surface area contributed by atoms with Gasteiger partial charge in [-0.2, -0.15) is 0 Å². The predicted molar refractivity (Wildman–Crippen MR) is 79.0 cm³/mol. The summed E-state index contributed by atoms with van der Waals surface area (Å²) in [5.74, 6) is -1.50. The number of carboxylic acids is 1. The molecule has 0 spiro atoms. The highest BCUT2D eigenvalue weighted by molar-refractivity contribution is 5.91. The molecule has 21 heavy (non-hydrogen) atoms. The van der Waals surface area contributed by atoms with Crippen molar-refractivity contribution in [2.75, 3.05) is 5.32 Å². The summed E-state index contributed by atoms with van der Waals surface area (Å²) < 4.78 is 13.7. The lowest BCUT2D eigenvalue weighted by atomic mass is 10.0. The summed E-state index contributed by atoms with van der Waals surface area (Å²) >= 11 is 0. The Morgan fingerprint density at radius 3 is 2.52 bits per heavy atom. The third kappa shape index (κ3) is 5.41. The zero-order chi connectivity index (χ0) is 16.0. The van der Waals surface area contributed by atoms with Crippen LogP contribution in [-0.2, 0) is 0 Å². The Bertz CT molecular complexity index is 520. The average Bonchev–Trinajstić information content (AvgIpc) is 2.40. The fraction of sp³-hybridized carbons (Fsp3) is 0.467. The van der Waals surface area contributed by atoms with E-state index in [2.05, 4.69) is 24.5 Å². The molecule has 0 aliphatic carbocycles. The number of urea groups is 1. The Balaban J connectivity index is 2.61. The number of anilines is 1. The smallest absolute Gasteiger partial charge is 0.335 e. The maximum Gasteiger partial charge on any atom is 0.335 e. The lowest BCUT2D eigenvalue weighted by Crippen LogP contribution is -2.37. The van der Waals surface area contributed by atoms with Gasteiger partial charge < -0.3 is 15.7 Å². The number of halogens is 1. The molecule has 0 saturated carbocycles. The summed E-state index contributed by atoms with van der Waals surface area (Å²) in [6, 6.07) is 2.82. The quantitative estimate of drug-likeness (QED) is 0.752. The minimum Gasteiger partial charge on any atom is -0.478 e. The summed E-state index contributed by atoms with van der Waals surface area (Å²) in [6.45, 7) is 6.06. The monoisotopic (exact) mass is 296 g/mol. The predicted octanol–water partition coefficient (Wildman–Crippen LogP) is 3.47. The molecule has 0 fully saturated rings. The van der Waals surface area contributed by atoms with E-state index in [1.165, 1.54) is 12.1 Å². The van der Waals surface area contributed by atoms with E-state index in [1.54, 1.807) is 0 Å². The van der Waals surface area contributed by atoms with E-state index in [4.69, 9.17) is 5.11 Å². The Kier molecular flexibility index (Phi) is 6.14. The first kappa shape index (κ1) is 16.9. The molecular weight excluding hydrogens is 275 g/mol. The minimum absolute atomic E-state index is 0.0266. The lowest BCUT2D eigenvalue weighted by Gasteiger charge is -2.18. The van der Waals surface area contributed by atoms with Crippen LogP contribution in [0, 0.1) is 11.7 Å². The van der Waals surface area contributed by atoms with Crippen molar-refractivity contribution in [3.63, 3.8) is 0 Å². The van der Waals surface area contributed by atoms with Gasteiger partial charge in [0.1, 0.15) is 5.82 Å². The van der Waals surface area contributed by atoms with Crippen LogP contribution in [0.2, 0.25) is 0 Å². The van der Waals surface area contributed by atoms with E-state index >= 15 is 0 Å². The first-order valence-corrected chi connectivity index (χ1v) is 6.93. The highest BCUT2D eigenvalue weighted by Gasteiger charge is 2.13. The van der Waals surface area contributed by atoms with Gasteiger partial charge in [-0.25, -0.2) is 14.0 Å². The zero-order valence-corrected chi connectivity index (χ0v) is 12.4. The number of hydrogen-bond acceptors (Lipinski definition) is 2.